The van der Waals surface area contributed by atoms with Crippen LogP contribution in [0.2, 0.25) is 5.02 Å². The highest BCUT2D eigenvalue weighted by atomic mass is 35.5. The molecule has 14 heteroatoms. The van der Waals surface area contributed by atoms with Crippen LogP contribution in [0.15, 0.2) is 40.1 Å². The standard InChI is InChI=1S/C27H33ClF3N3O5S2/c1-27(8-3-4-10-39-27)26(35)33-41(36,37)20-12-21(28)25(23(31)13-20)32-18(7-9-34-14-19(15-34)38-2)16-40-24-6-5-17(29)11-22(24)30/h5-6,11-13,18-19,32H,3-4,7-10,14-16H2,1-2H3,(H,33,35)/t18-,27-/m1/s1. The number of nitrogens with zero attached hydrogens (tertiary/aromatic N) is 1. The smallest absolute Gasteiger partial charge is 0.265 e. The SMILES string of the molecule is COC1CN(CC[C@H](CSc2ccc(F)cc2F)Nc2c(F)cc(S(=O)(=O)NC(=O)[C@@]3(C)CCCCO3)cc2Cl)C1. The molecule has 1 amide bonds. The van der Waals surface area contributed by atoms with Crippen molar-refractivity contribution in [1.29, 1.82) is 0 Å². The quantitative estimate of drug-likeness (QED) is 0.321. The topological polar surface area (TPSA) is 97.0 Å². The van der Waals surface area contributed by atoms with Crippen molar-refractivity contribution < 1.29 is 35.9 Å². The third-order valence-electron chi connectivity index (χ3n) is 7.24. The first-order valence-corrected chi connectivity index (χ1v) is 16.0. The second kappa shape index (κ2) is 13.5. The Morgan fingerprint density at radius 2 is 1.98 bits per heavy atom. The van der Waals surface area contributed by atoms with Crippen molar-refractivity contribution in [1.82, 2.24) is 9.62 Å². The number of ether oxygens (including phenoxy) is 2. The molecule has 0 aromatic heterocycles. The lowest BCUT2D eigenvalue weighted by Crippen LogP contribution is -2.52. The molecular formula is C27H33ClF3N3O5S2. The van der Waals surface area contributed by atoms with E-state index in [1.54, 1.807) is 7.11 Å². The molecule has 2 fully saturated rings. The van der Waals surface area contributed by atoms with Gasteiger partial charge in [0.2, 0.25) is 0 Å². The van der Waals surface area contributed by atoms with Gasteiger partial charge in [-0.05, 0) is 56.9 Å². The van der Waals surface area contributed by atoms with E-state index in [4.69, 9.17) is 21.1 Å². The van der Waals surface area contributed by atoms with Gasteiger partial charge in [0, 0.05) is 56.1 Å². The molecule has 2 aromatic rings. The molecule has 2 aliphatic rings. The molecule has 2 aliphatic heterocycles. The molecule has 2 aromatic carbocycles. The van der Waals surface area contributed by atoms with Gasteiger partial charge < -0.3 is 14.8 Å². The highest BCUT2D eigenvalue weighted by molar-refractivity contribution is 7.99. The zero-order chi connectivity index (χ0) is 29.8. The zero-order valence-electron chi connectivity index (χ0n) is 22.7. The van der Waals surface area contributed by atoms with Gasteiger partial charge in [0.15, 0.2) is 0 Å². The number of carbonyl (C=O) groups is 1. The Morgan fingerprint density at radius 1 is 1.22 bits per heavy atom. The van der Waals surface area contributed by atoms with Crippen LogP contribution >= 0.6 is 23.4 Å². The van der Waals surface area contributed by atoms with Gasteiger partial charge in [0.1, 0.15) is 23.1 Å². The summed E-state index contributed by atoms with van der Waals surface area (Å²) in [6.45, 7) is 4.00. The molecule has 0 bridgehead atoms. The Balaban J connectivity index is 1.48. The van der Waals surface area contributed by atoms with Gasteiger partial charge in [-0.15, -0.1) is 11.8 Å². The summed E-state index contributed by atoms with van der Waals surface area (Å²) in [7, 11) is -2.80. The van der Waals surface area contributed by atoms with Gasteiger partial charge in [-0.3, -0.25) is 9.69 Å². The van der Waals surface area contributed by atoms with E-state index >= 15 is 4.39 Å². The summed E-state index contributed by atoms with van der Waals surface area (Å²) < 4.78 is 81.5. The van der Waals surface area contributed by atoms with Crippen molar-refractivity contribution in [2.45, 2.75) is 60.1 Å². The van der Waals surface area contributed by atoms with Crippen LogP contribution in [0, 0.1) is 17.5 Å². The number of hydrogen-bond donors (Lipinski definition) is 2. The first-order chi connectivity index (χ1) is 19.4. The minimum absolute atomic E-state index is 0.122. The molecule has 8 nitrogen and oxygen atoms in total. The van der Waals surface area contributed by atoms with Crippen molar-refractivity contribution in [3.63, 3.8) is 0 Å². The second-order valence-corrected chi connectivity index (χ2v) is 13.5. The number of amides is 1. The lowest BCUT2D eigenvalue weighted by Gasteiger charge is -2.39. The number of carbonyl (C=O) groups excluding carboxylic acids is 1. The van der Waals surface area contributed by atoms with Crippen LogP contribution in [0.5, 0.6) is 0 Å². The monoisotopic (exact) mass is 635 g/mol. The third kappa shape index (κ3) is 8.08. The van der Waals surface area contributed by atoms with Crippen molar-refractivity contribution in [2.24, 2.45) is 0 Å². The summed E-state index contributed by atoms with van der Waals surface area (Å²) in [5.74, 6) is -2.87. The largest absolute Gasteiger partial charge is 0.379 e. The maximum atomic E-state index is 15.3. The fourth-order valence-corrected chi connectivity index (χ4v) is 7.05. The summed E-state index contributed by atoms with van der Waals surface area (Å²) in [5, 5.41) is 2.83. The molecule has 41 heavy (non-hydrogen) atoms. The maximum Gasteiger partial charge on any atom is 0.265 e. The van der Waals surface area contributed by atoms with Crippen molar-refractivity contribution in [3.05, 3.63) is 52.8 Å². The summed E-state index contributed by atoms with van der Waals surface area (Å²) in [5.41, 5.74) is -1.42. The number of benzene rings is 2. The molecule has 2 N–H and O–H groups in total. The number of anilines is 1. The fraction of sp³-hybridized carbons (Fsp3) is 0.519. The Morgan fingerprint density at radius 3 is 2.61 bits per heavy atom. The average molecular weight is 636 g/mol. The van der Waals surface area contributed by atoms with Crippen molar-refractivity contribution in [3.8, 4) is 0 Å². The van der Waals surface area contributed by atoms with Crippen LogP contribution in [0.3, 0.4) is 0 Å². The number of methoxy groups -OCH3 is 1. The van der Waals surface area contributed by atoms with E-state index in [2.05, 4.69) is 10.2 Å². The summed E-state index contributed by atoms with van der Waals surface area (Å²) in [6, 6.07) is 4.74. The van der Waals surface area contributed by atoms with E-state index in [1.165, 1.54) is 13.0 Å². The predicted octanol–water partition coefficient (Wildman–Crippen LogP) is 4.81. The summed E-state index contributed by atoms with van der Waals surface area (Å²) >= 11 is 7.49. The molecule has 2 atom stereocenters. The van der Waals surface area contributed by atoms with Gasteiger partial charge in [-0.25, -0.2) is 26.3 Å². The highest BCUT2D eigenvalue weighted by Gasteiger charge is 2.38. The molecule has 0 spiro atoms. The van der Waals surface area contributed by atoms with E-state index in [0.29, 0.717) is 32.4 Å². The van der Waals surface area contributed by atoms with Gasteiger partial charge >= 0.3 is 0 Å². The average Bonchev–Trinajstić information content (AvgIpc) is 2.89. The molecular weight excluding hydrogens is 603 g/mol. The Bertz CT molecular complexity index is 1330. The van der Waals surface area contributed by atoms with Crippen LogP contribution < -0.4 is 10.0 Å². The molecule has 2 saturated heterocycles. The van der Waals surface area contributed by atoms with Crippen molar-refractivity contribution in [2.75, 3.05) is 44.4 Å². The number of sulfonamides is 1. The number of thioether (sulfide) groups is 1. The molecule has 0 saturated carbocycles. The molecule has 0 aliphatic carbocycles. The second-order valence-electron chi connectivity index (χ2n) is 10.4. The first-order valence-electron chi connectivity index (χ1n) is 13.2. The van der Waals surface area contributed by atoms with Gasteiger partial charge in [0.05, 0.1) is 21.7 Å². The lowest BCUT2D eigenvalue weighted by atomic mass is 9.95. The molecule has 0 unspecified atom stereocenters. The summed E-state index contributed by atoms with van der Waals surface area (Å²) in [4.78, 5) is 14.6. The minimum Gasteiger partial charge on any atom is -0.379 e. The Labute approximate surface area is 247 Å². The van der Waals surface area contributed by atoms with Crippen LogP contribution in [0.1, 0.15) is 32.6 Å². The maximum absolute atomic E-state index is 15.3. The third-order valence-corrected chi connectivity index (χ3v) is 10.1. The fourth-order valence-electron chi connectivity index (χ4n) is 4.62. The first kappa shape index (κ1) is 31.9. The number of rotatable bonds is 12. The number of hydrogen-bond acceptors (Lipinski definition) is 8. The normalized spacial score (nSPS) is 20.8. The van der Waals surface area contributed by atoms with Crippen LogP contribution in [0.25, 0.3) is 0 Å². The van der Waals surface area contributed by atoms with Gasteiger partial charge in [-0.2, -0.15) is 0 Å². The molecule has 4 rings (SSSR count). The summed E-state index contributed by atoms with van der Waals surface area (Å²) in [6.07, 6.45) is 2.52. The van der Waals surface area contributed by atoms with E-state index in [1.807, 2.05) is 4.72 Å². The Kier molecular flexibility index (Phi) is 10.5. The molecule has 0 radical (unpaired) electrons. The van der Waals surface area contributed by atoms with E-state index in [0.717, 1.165) is 55.5 Å². The van der Waals surface area contributed by atoms with Gasteiger partial charge in [-0.1, -0.05) is 11.6 Å². The minimum atomic E-state index is -4.44. The number of likely N-dealkylation sites (tertiary alicyclic amines) is 1. The van der Waals surface area contributed by atoms with Crippen LogP contribution in [0.4, 0.5) is 18.9 Å². The van der Waals surface area contributed by atoms with Crippen molar-refractivity contribution >= 4 is 45.0 Å². The molecule has 2 heterocycles. The van der Waals surface area contributed by atoms with E-state index in [-0.39, 0.29) is 27.5 Å². The predicted molar refractivity (Wildman–Crippen MR) is 151 cm³/mol. The van der Waals surface area contributed by atoms with Crippen LogP contribution in [-0.2, 0) is 24.3 Å². The highest BCUT2D eigenvalue weighted by Crippen LogP contribution is 2.32. The zero-order valence-corrected chi connectivity index (χ0v) is 25.1. The van der Waals surface area contributed by atoms with Crippen LogP contribution in [-0.4, -0.2) is 76.1 Å². The lowest BCUT2D eigenvalue weighted by molar-refractivity contribution is -0.148. The van der Waals surface area contributed by atoms with E-state index in [9.17, 15) is 22.0 Å². The number of halogens is 4. The van der Waals surface area contributed by atoms with E-state index < -0.39 is 49.9 Å². The Hall–Kier alpha value is -2.03. The van der Waals surface area contributed by atoms with Gasteiger partial charge in [0.25, 0.3) is 15.9 Å². The number of nitrogens with one attached hydrogen (secondary N) is 2. The molecule has 226 valence electrons.